The van der Waals surface area contributed by atoms with E-state index in [4.69, 9.17) is 17.6 Å². The first-order valence-corrected chi connectivity index (χ1v) is 5.48. The van der Waals surface area contributed by atoms with Gasteiger partial charge in [-0.3, -0.25) is 0 Å². The van der Waals surface area contributed by atoms with Crippen molar-refractivity contribution in [1.82, 2.24) is 0 Å². The Bertz CT molecular complexity index is 295. The lowest BCUT2D eigenvalue weighted by atomic mass is 10.1. The molecule has 0 radical (unpaired) electrons. The van der Waals surface area contributed by atoms with Gasteiger partial charge in [0.25, 0.3) is 0 Å². The maximum Gasteiger partial charge on any atom is 0.160 e. The van der Waals surface area contributed by atoms with Crippen molar-refractivity contribution in [3.05, 3.63) is 0 Å². The topological polar surface area (TPSA) is 29.5 Å². The normalized spacial score (nSPS) is 10.4. The summed E-state index contributed by atoms with van der Waals surface area (Å²) in [5, 5.41) is 9.41. The number of hydrogen-bond acceptors (Lipinski definition) is 2. The smallest absolute Gasteiger partial charge is 0.160 e. The molecular formula is C14H18O2. The highest BCUT2D eigenvalue weighted by Gasteiger charge is 1.98. The summed E-state index contributed by atoms with van der Waals surface area (Å²) in [5.41, 5.74) is 0. The molecule has 0 aliphatic carbocycles. The Labute approximate surface area is 98.4 Å². The molecule has 2 nitrogen and oxygen atoms in total. The van der Waals surface area contributed by atoms with Gasteiger partial charge in [0, 0.05) is 6.42 Å². The molecule has 0 saturated carbocycles. The molecule has 0 saturated heterocycles. The summed E-state index contributed by atoms with van der Waals surface area (Å²) >= 11 is 0. The lowest BCUT2D eigenvalue weighted by Gasteiger charge is -2.02. The summed E-state index contributed by atoms with van der Waals surface area (Å²) < 4.78 is 4.73. The van der Waals surface area contributed by atoms with Gasteiger partial charge in [0.15, 0.2) is 6.61 Å². The van der Waals surface area contributed by atoms with E-state index in [2.05, 4.69) is 23.9 Å². The molecular weight excluding hydrogens is 200 g/mol. The van der Waals surface area contributed by atoms with Crippen molar-refractivity contribution >= 4 is 0 Å². The van der Waals surface area contributed by atoms with E-state index < -0.39 is 6.10 Å². The predicted molar refractivity (Wildman–Crippen MR) is 65.1 cm³/mol. The summed E-state index contributed by atoms with van der Waals surface area (Å²) in [6, 6.07) is 0. The molecule has 2 heteroatoms. The lowest BCUT2D eigenvalue weighted by molar-refractivity contribution is 0.214. The molecule has 0 spiro atoms. The SMILES string of the molecule is C#CCCCCCCC(O)C#COCC#C. The van der Waals surface area contributed by atoms with Crippen LogP contribution in [0, 0.1) is 36.7 Å². The van der Waals surface area contributed by atoms with Crippen LogP contribution in [-0.2, 0) is 4.74 Å². The Morgan fingerprint density at radius 3 is 2.50 bits per heavy atom. The molecule has 0 amide bonds. The first kappa shape index (κ1) is 14.4. The molecule has 0 bridgehead atoms. The minimum Gasteiger partial charge on any atom is -0.433 e. The van der Waals surface area contributed by atoms with Gasteiger partial charge in [-0.25, -0.2) is 0 Å². The summed E-state index contributed by atoms with van der Waals surface area (Å²) in [7, 11) is 0. The third-order valence-corrected chi connectivity index (χ3v) is 2.00. The van der Waals surface area contributed by atoms with Crippen LogP contribution in [0.15, 0.2) is 0 Å². The van der Waals surface area contributed by atoms with Crippen molar-refractivity contribution in [2.75, 3.05) is 6.61 Å². The van der Waals surface area contributed by atoms with Crippen LogP contribution in [0.25, 0.3) is 0 Å². The van der Waals surface area contributed by atoms with E-state index >= 15 is 0 Å². The van der Waals surface area contributed by atoms with Crippen molar-refractivity contribution in [2.24, 2.45) is 0 Å². The van der Waals surface area contributed by atoms with Gasteiger partial charge in [0.1, 0.15) is 12.2 Å². The number of rotatable bonds is 7. The van der Waals surface area contributed by atoms with Gasteiger partial charge in [0.2, 0.25) is 0 Å². The Kier molecular flexibility index (Phi) is 10.4. The Hall–Kier alpha value is -1.56. The van der Waals surface area contributed by atoms with Crippen molar-refractivity contribution in [3.63, 3.8) is 0 Å². The van der Waals surface area contributed by atoms with Crippen LogP contribution in [0.5, 0.6) is 0 Å². The van der Waals surface area contributed by atoms with E-state index in [1.165, 1.54) is 0 Å². The average Bonchev–Trinajstić information content (AvgIpc) is 2.29. The predicted octanol–water partition coefficient (Wildman–Crippen LogP) is 1.93. The summed E-state index contributed by atoms with van der Waals surface area (Å²) in [5.74, 6) is 7.47. The first-order valence-electron chi connectivity index (χ1n) is 5.48. The lowest BCUT2D eigenvalue weighted by Crippen LogP contribution is -2.02. The molecule has 1 unspecified atom stereocenters. The fraction of sp³-hybridized carbons (Fsp3) is 0.571. The van der Waals surface area contributed by atoms with Crippen molar-refractivity contribution in [2.45, 2.75) is 44.6 Å². The number of ether oxygens (including phenoxy) is 1. The second-order valence-corrected chi connectivity index (χ2v) is 3.41. The molecule has 1 N–H and O–H groups in total. The molecule has 0 heterocycles. The van der Waals surface area contributed by atoms with Crippen molar-refractivity contribution in [3.8, 4) is 36.7 Å². The second kappa shape index (κ2) is 11.5. The minimum atomic E-state index is -0.620. The van der Waals surface area contributed by atoms with Crippen LogP contribution in [-0.4, -0.2) is 17.8 Å². The summed E-state index contributed by atoms with van der Waals surface area (Å²) in [6.45, 7) is 0.159. The fourth-order valence-electron chi connectivity index (χ4n) is 1.18. The Morgan fingerprint density at radius 1 is 1.06 bits per heavy atom. The van der Waals surface area contributed by atoms with E-state index in [0.29, 0.717) is 6.42 Å². The number of aliphatic hydroxyl groups is 1. The molecule has 0 aromatic heterocycles. The quantitative estimate of drug-likeness (QED) is 0.522. The summed E-state index contributed by atoms with van der Waals surface area (Å²) in [4.78, 5) is 0. The zero-order chi connectivity index (χ0) is 12.1. The van der Waals surface area contributed by atoms with Gasteiger partial charge in [-0.2, -0.15) is 0 Å². The van der Waals surface area contributed by atoms with Gasteiger partial charge in [-0.15, -0.1) is 18.8 Å². The Balaban J connectivity index is 3.36. The maximum absolute atomic E-state index is 9.41. The summed E-state index contributed by atoms with van der Waals surface area (Å²) in [6.07, 6.45) is 17.6. The first-order chi connectivity index (χ1) is 7.81. The monoisotopic (exact) mass is 218 g/mol. The molecule has 0 aromatic rings. The van der Waals surface area contributed by atoms with Gasteiger partial charge >= 0.3 is 0 Å². The number of aliphatic hydroxyl groups excluding tert-OH is 1. The number of unbranched alkanes of at least 4 members (excludes halogenated alkanes) is 4. The Morgan fingerprint density at radius 2 is 1.81 bits per heavy atom. The zero-order valence-electron chi connectivity index (χ0n) is 9.54. The van der Waals surface area contributed by atoms with E-state index in [1.54, 1.807) is 0 Å². The van der Waals surface area contributed by atoms with Gasteiger partial charge < -0.3 is 9.84 Å². The zero-order valence-corrected chi connectivity index (χ0v) is 9.54. The fourth-order valence-corrected chi connectivity index (χ4v) is 1.18. The van der Waals surface area contributed by atoms with Crippen LogP contribution in [0.4, 0.5) is 0 Å². The molecule has 0 fully saturated rings. The highest BCUT2D eigenvalue weighted by atomic mass is 16.5. The van der Waals surface area contributed by atoms with Crippen molar-refractivity contribution in [1.29, 1.82) is 0 Å². The third kappa shape index (κ3) is 10.5. The molecule has 0 aromatic carbocycles. The second-order valence-electron chi connectivity index (χ2n) is 3.41. The van der Waals surface area contributed by atoms with Crippen LogP contribution in [0.2, 0.25) is 0 Å². The van der Waals surface area contributed by atoms with Crippen LogP contribution >= 0.6 is 0 Å². The number of hydrogen-bond donors (Lipinski definition) is 1. The van der Waals surface area contributed by atoms with E-state index in [1.807, 2.05) is 0 Å². The standard InChI is InChI=1S/C14H18O2/c1-3-5-6-7-8-9-10-14(15)11-13-16-12-4-2/h1-2,14-15H,5-10,12H2. The van der Waals surface area contributed by atoms with Gasteiger partial charge in [0.05, 0.1) is 0 Å². The van der Waals surface area contributed by atoms with Crippen LogP contribution in [0.3, 0.4) is 0 Å². The largest absolute Gasteiger partial charge is 0.433 e. The maximum atomic E-state index is 9.41. The molecule has 0 rings (SSSR count). The van der Waals surface area contributed by atoms with E-state index in [-0.39, 0.29) is 6.61 Å². The number of terminal acetylenes is 2. The van der Waals surface area contributed by atoms with Gasteiger partial charge in [-0.05, 0) is 25.2 Å². The minimum absolute atomic E-state index is 0.159. The van der Waals surface area contributed by atoms with E-state index in [0.717, 1.165) is 32.1 Å². The molecule has 86 valence electrons. The van der Waals surface area contributed by atoms with Crippen LogP contribution < -0.4 is 0 Å². The highest BCUT2D eigenvalue weighted by molar-refractivity contribution is 4.99. The third-order valence-electron chi connectivity index (χ3n) is 2.00. The van der Waals surface area contributed by atoms with Gasteiger partial charge in [-0.1, -0.05) is 18.8 Å². The molecule has 1 atom stereocenters. The molecule has 0 aliphatic heterocycles. The highest BCUT2D eigenvalue weighted by Crippen LogP contribution is 2.06. The molecule has 16 heavy (non-hydrogen) atoms. The van der Waals surface area contributed by atoms with Crippen LogP contribution in [0.1, 0.15) is 38.5 Å². The van der Waals surface area contributed by atoms with Crippen molar-refractivity contribution < 1.29 is 9.84 Å². The average molecular weight is 218 g/mol. The van der Waals surface area contributed by atoms with E-state index in [9.17, 15) is 5.11 Å². The molecule has 0 aliphatic rings.